The highest BCUT2D eigenvalue weighted by atomic mass is 79.9. The maximum Gasteiger partial charge on any atom is 0.414 e. The maximum absolute atomic E-state index is 11.6. The number of ether oxygens (including phenoxy) is 1. The molecule has 0 aromatic heterocycles. The first-order chi connectivity index (χ1) is 7.33. The van der Waals surface area contributed by atoms with E-state index in [4.69, 9.17) is 4.74 Å². The van der Waals surface area contributed by atoms with Crippen LogP contribution in [0.3, 0.4) is 0 Å². The topological polar surface area (TPSA) is 29.5 Å². The van der Waals surface area contributed by atoms with E-state index >= 15 is 0 Å². The Labute approximate surface area is 97.2 Å². The predicted molar refractivity (Wildman–Crippen MR) is 62.6 cm³/mol. The van der Waals surface area contributed by atoms with E-state index in [-0.39, 0.29) is 6.09 Å². The molecule has 1 aromatic carbocycles. The molecule has 4 heteroatoms. The second-order valence-corrected chi connectivity index (χ2v) is 4.13. The Hall–Kier alpha value is -1.03. The fourth-order valence-corrected chi connectivity index (χ4v) is 1.89. The van der Waals surface area contributed by atoms with Crippen LogP contribution in [0.5, 0.6) is 0 Å². The van der Waals surface area contributed by atoms with Crippen LogP contribution < -0.4 is 4.90 Å². The predicted octanol–water partition coefficient (Wildman–Crippen LogP) is 2.58. The lowest BCUT2D eigenvalue weighted by Crippen LogP contribution is -2.30. The third-order valence-electron chi connectivity index (χ3n) is 2.41. The Morgan fingerprint density at radius 2 is 2.27 bits per heavy atom. The molecule has 3 nitrogen and oxygen atoms in total. The molecule has 2 rings (SSSR count). The molecule has 80 valence electrons. The first kappa shape index (κ1) is 10.5. The van der Waals surface area contributed by atoms with Gasteiger partial charge in [-0.2, -0.15) is 0 Å². The van der Waals surface area contributed by atoms with Crippen LogP contribution in [0.25, 0.3) is 0 Å². The van der Waals surface area contributed by atoms with Gasteiger partial charge in [0, 0.05) is 11.9 Å². The quantitative estimate of drug-likeness (QED) is 0.773. The summed E-state index contributed by atoms with van der Waals surface area (Å²) in [6.07, 6.45) is 0.666. The van der Waals surface area contributed by atoms with Gasteiger partial charge in [-0.25, -0.2) is 4.79 Å². The van der Waals surface area contributed by atoms with E-state index in [0.29, 0.717) is 11.9 Å². The van der Waals surface area contributed by atoms with E-state index in [1.54, 1.807) is 4.90 Å². The molecule has 0 bridgehead atoms. The highest BCUT2D eigenvalue weighted by molar-refractivity contribution is 9.09. The summed E-state index contributed by atoms with van der Waals surface area (Å²) in [4.78, 5) is 13.3. The molecule has 1 aliphatic rings. The van der Waals surface area contributed by atoms with Gasteiger partial charge in [0.05, 0.1) is 5.69 Å². The number of anilines is 1. The molecule has 0 radical (unpaired) electrons. The summed E-state index contributed by atoms with van der Waals surface area (Å²) in [7, 11) is 0. The van der Waals surface area contributed by atoms with Crippen LogP contribution in [-0.2, 0) is 11.2 Å². The van der Waals surface area contributed by atoms with Crippen molar-refractivity contribution >= 4 is 27.7 Å². The van der Waals surface area contributed by atoms with Gasteiger partial charge in [0.15, 0.2) is 0 Å². The largest absolute Gasteiger partial charge is 0.448 e. The van der Waals surface area contributed by atoms with Gasteiger partial charge >= 0.3 is 6.09 Å². The van der Waals surface area contributed by atoms with Gasteiger partial charge in [0.25, 0.3) is 0 Å². The number of alkyl halides is 1. The lowest BCUT2D eigenvalue weighted by atomic mass is 10.2. The monoisotopic (exact) mass is 269 g/mol. The number of rotatable bonds is 2. The van der Waals surface area contributed by atoms with Crippen LogP contribution in [0.4, 0.5) is 10.5 Å². The molecule has 0 atom stereocenters. The van der Waals surface area contributed by atoms with Gasteiger partial charge in [-0.1, -0.05) is 34.1 Å². The van der Waals surface area contributed by atoms with Gasteiger partial charge in [-0.15, -0.1) is 0 Å². The van der Waals surface area contributed by atoms with Gasteiger partial charge in [-0.3, -0.25) is 4.90 Å². The number of nitrogens with zero attached hydrogens (tertiary/aromatic N) is 1. The minimum atomic E-state index is -0.251. The van der Waals surface area contributed by atoms with Crippen molar-refractivity contribution in [2.24, 2.45) is 0 Å². The number of carbonyl (C=O) groups is 1. The number of fused-ring (bicyclic) bond motifs is 1. The second kappa shape index (κ2) is 4.66. The number of hydrogen-bond acceptors (Lipinski definition) is 2. The third-order valence-corrected chi connectivity index (χ3v) is 2.73. The van der Waals surface area contributed by atoms with E-state index in [0.717, 1.165) is 18.7 Å². The minimum Gasteiger partial charge on any atom is -0.448 e. The smallest absolute Gasteiger partial charge is 0.414 e. The standard InChI is InChI=1S/C11H12BrNO2/c12-6-8-15-11(14)13-7-5-9-3-1-2-4-10(9)13/h1-4H,5-8H2. The lowest BCUT2D eigenvalue weighted by molar-refractivity contribution is 0.161. The fraction of sp³-hybridized carbons (Fsp3) is 0.364. The Bertz CT molecular complexity index is 367. The lowest BCUT2D eigenvalue weighted by Gasteiger charge is -2.16. The summed E-state index contributed by atoms with van der Waals surface area (Å²) in [6, 6.07) is 7.94. The van der Waals surface area contributed by atoms with Crippen molar-refractivity contribution in [3.63, 3.8) is 0 Å². The number of carbonyl (C=O) groups excluding carboxylic acids is 1. The van der Waals surface area contributed by atoms with E-state index in [2.05, 4.69) is 15.9 Å². The summed E-state index contributed by atoms with van der Waals surface area (Å²) in [5, 5.41) is 0.675. The zero-order chi connectivity index (χ0) is 10.7. The summed E-state index contributed by atoms with van der Waals surface area (Å²) >= 11 is 3.22. The zero-order valence-corrected chi connectivity index (χ0v) is 9.87. The SMILES string of the molecule is O=C(OCCBr)N1CCc2ccccc21. The number of halogens is 1. The molecule has 1 heterocycles. The molecule has 0 fully saturated rings. The Kier molecular flexibility index (Phi) is 3.26. The first-order valence-electron chi connectivity index (χ1n) is 4.91. The Morgan fingerprint density at radius 1 is 1.47 bits per heavy atom. The van der Waals surface area contributed by atoms with Crippen molar-refractivity contribution in [2.45, 2.75) is 6.42 Å². The molecule has 15 heavy (non-hydrogen) atoms. The highest BCUT2D eigenvalue weighted by Gasteiger charge is 2.24. The van der Waals surface area contributed by atoms with Crippen LogP contribution in [0, 0.1) is 0 Å². The van der Waals surface area contributed by atoms with Crippen molar-refractivity contribution in [1.82, 2.24) is 0 Å². The molecular weight excluding hydrogens is 258 g/mol. The average molecular weight is 270 g/mol. The Morgan fingerprint density at radius 3 is 3.07 bits per heavy atom. The molecule has 0 aliphatic carbocycles. The van der Waals surface area contributed by atoms with Crippen molar-refractivity contribution in [3.8, 4) is 0 Å². The summed E-state index contributed by atoms with van der Waals surface area (Å²) < 4.78 is 5.07. The van der Waals surface area contributed by atoms with Crippen molar-refractivity contribution in [3.05, 3.63) is 29.8 Å². The van der Waals surface area contributed by atoms with Gasteiger partial charge in [0.1, 0.15) is 6.61 Å². The average Bonchev–Trinajstić information content (AvgIpc) is 2.69. The summed E-state index contributed by atoms with van der Waals surface area (Å²) in [6.45, 7) is 1.14. The molecule has 1 aliphatic heterocycles. The van der Waals surface area contributed by atoms with E-state index < -0.39 is 0 Å². The van der Waals surface area contributed by atoms with Crippen LogP contribution >= 0.6 is 15.9 Å². The van der Waals surface area contributed by atoms with E-state index in [9.17, 15) is 4.79 Å². The molecule has 0 saturated carbocycles. The van der Waals surface area contributed by atoms with Crippen LogP contribution in [0.15, 0.2) is 24.3 Å². The molecule has 0 saturated heterocycles. The van der Waals surface area contributed by atoms with Crippen molar-refractivity contribution in [2.75, 3.05) is 23.4 Å². The summed E-state index contributed by atoms with van der Waals surface area (Å²) in [5.41, 5.74) is 2.20. The normalized spacial score (nSPS) is 13.8. The number of para-hydroxylation sites is 1. The molecule has 1 aromatic rings. The number of amides is 1. The molecule has 0 unspecified atom stereocenters. The Balaban J connectivity index is 2.10. The van der Waals surface area contributed by atoms with Gasteiger partial charge < -0.3 is 4.74 Å². The van der Waals surface area contributed by atoms with Gasteiger partial charge in [0.2, 0.25) is 0 Å². The van der Waals surface area contributed by atoms with E-state index in [1.165, 1.54) is 5.56 Å². The van der Waals surface area contributed by atoms with Crippen molar-refractivity contribution < 1.29 is 9.53 Å². The zero-order valence-electron chi connectivity index (χ0n) is 8.28. The van der Waals surface area contributed by atoms with Crippen LogP contribution in [0.1, 0.15) is 5.56 Å². The molecule has 1 amide bonds. The highest BCUT2D eigenvalue weighted by Crippen LogP contribution is 2.27. The fourth-order valence-electron chi connectivity index (χ4n) is 1.73. The van der Waals surface area contributed by atoms with Crippen LogP contribution in [-0.4, -0.2) is 24.6 Å². The molecular formula is C11H12BrNO2. The number of hydrogen-bond donors (Lipinski definition) is 0. The molecule has 0 spiro atoms. The minimum absolute atomic E-state index is 0.251. The number of benzene rings is 1. The van der Waals surface area contributed by atoms with E-state index in [1.807, 2.05) is 24.3 Å². The maximum atomic E-state index is 11.6. The van der Waals surface area contributed by atoms with Crippen LogP contribution in [0.2, 0.25) is 0 Å². The first-order valence-corrected chi connectivity index (χ1v) is 6.03. The van der Waals surface area contributed by atoms with Crippen molar-refractivity contribution in [1.29, 1.82) is 0 Å². The van der Waals surface area contributed by atoms with Gasteiger partial charge in [-0.05, 0) is 18.1 Å². The molecule has 0 N–H and O–H groups in total. The summed E-state index contributed by atoms with van der Waals surface area (Å²) in [5.74, 6) is 0. The second-order valence-electron chi connectivity index (χ2n) is 3.33. The third kappa shape index (κ3) is 2.15.